The first-order valence-electron chi connectivity index (χ1n) is 8.31. The van der Waals surface area contributed by atoms with Gasteiger partial charge >= 0.3 is 5.97 Å². The number of hydrogen-bond acceptors (Lipinski definition) is 5. The van der Waals surface area contributed by atoms with Crippen LogP contribution >= 0.6 is 0 Å². The molecular weight excluding hydrogens is 324 g/mol. The lowest BCUT2D eigenvalue weighted by atomic mass is 9.78. The van der Waals surface area contributed by atoms with Gasteiger partial charge in [0.05, 0.1) is 19.8 Å². The number of carbonyl (C=O) groups excluding carboxylic acids is 3. The average molecular weight is 347 g/mol. The Morgan fingerprint density at radius 1 is 1.24 bits per heavy atom. The van der Waals surface area contributed by atoms with Crippen LogP contribution in [0.2, 0.25) is 0 Å². The van der Waals surface area contributed by atoms with Crippen molar-refractivity contribution in [2.45, 2.75) is 24.9 Å². The molecule has 3 rings (SSSR count). The van der Waals surface area contributed by atoms with Gasteiger partial charge in [0.15, 0.2) is 0 Å². The van der Waals surface area contributed by atoms with E-state index in [4.69, 9.17) is 9.47 Å². The predicted molar refractivity (Wildman–Crippen MR) is 87.5 cm³/mol. The second-order valence-electron chi connectivity index (χ2n) is 6.56. The lowest BCUT2D eigenvalue weighted by Gasteiger charge is -2.27. The second kappa shape index (κ2) is 6.15. The number of amides is 2. The molecule has 1 aromatic rings. The second-order valence-corrected chi connectivity index (χ2v) is 6.56. The minimum absolute atomic E-state index is 0.263. The fraction of sp³-hybridized carbons (Fsp3) is 0.500. The first-order chi connectivity index (χ1) is 11.9. The fourth-order valence-corrected chi connectivity index (χ4v) is 4.36. The van der Waals surface area contributed by atoms with Crippen molar-refractivity contribution >= 4 is 17.8 Å². The molecule has 0 saturated carbocycles. The molecule has 0 radical (unpaired) electrons. The van der Waals surface area contributed by atoms with Crippen LogP contribution in [0.5, 0.6) is 5.75 Å². The lowest BCUT2D eigenvalue weighted by Crippen LogP contribution is -2.98. The Balaban J connectivity index is 2.17. The molecule has 7 heteroatoms. The highest BCUT2D eigenvalue weighted by atomic mass is 16.5. The van der Waals surface area contributed by atoms with E-state index in [-0.39, 0.29) is 17.9 Å². The number of likely N-dealkylation sites (tertiary alicyclic amines) is 1. The molecule has 25 heavy (non-hydrogen) atoms. The van der Waals surface area contributed by atoms with Gasteiger partial charge in [-0.25, -0.2) is 4.79 Å². The number of fused-ring (bicyclic) bond motifs is 1. The number of rotatable bonds is 4. The highest BCUT2D eigenvalue weighted by Crippen LogP contribution is 2.46. The Labute approximate surface area is 146 Å². The maximum atomic E-state index is 12.8. The van der Waals surface area contributed by atoms with E-state index in [0.717, 1.165) is 10.5 Å². The van der Waals surface area contributed by atoms with Crippen molar-refractivity contribution in [3.63, 3.8) is 0 Å². The molecule has 134 valence electrons. The zero-order chi connectivity index (χ0) is 18.4. The SMILES string of the molecule is CC[C@@]1(C(=O)OC)[NH2+][C@@H](c2ccccc2OC)[C@H]2C(=O)N(C)C(=O)[C@H]21. The van der Waals surface area contributed by atoms with Gasteiger partial charge in [0.25, 0.3) is 0 Å². The van der Waals surface area contributed by atoms with Gasteiger partial charge in [-0.1, -0.05) is 19.1 Å². The summed E-state index contributed by atoms with van der Waals surface area (Å²) in [6.07, 6.45) is 0.388. The van der Waals surface area contributed by atoms with Crippen molar-refractivity contribution in [2.24, 2.45) is 11.8 Å². The summed E-state index contributed by atoms with van der Waals surface area (Å²) in [5.74, 6) is -1.78. The first kappa shape index (κ1) is 17.4. The number of hydrogen-bond donors (Lipinski definition) is 1. The minimum atomic E-state index is -1.11. The number of benzene rings is 1. The van der Waals surface area contributed by atoms with E-state index in [1.807, 2.05) is 36.5 Å². The number of methoxy groups -OCH3 is 2. The topological polar surface area (TPSA) is 89.5 Å². The first-order valence-corrected chi connectivity index (χ1v) is 8.31. The molecule has 2 aliphatic heterocycles. The van der Waals surface area contributed by atoms with E-state index in [0.29, 0.717) is 12.2 Å². The molecule has 0 aliphatic carbocycles. The molecule has 0 unspecified atom stereocenters. The van der Waals surface area contributed by atoms with Gasteiger partial charge in [0.2, 0.25) is 17.4 Å². The van der Waals surface area contributed by atoms with Crippen LogP contribution in [-0.4, -0.2) is 49.5 Å². The Morgan fingerprint density at radius 2 is 1.92 bits per heavy atom. The smallest absolute Gasteiger partial charge is 0.368 e. The van der Waals surface area contributed by atoms with Crippen LogP contribution in [0.25, 0.3) is 0 Å². The summed E-state index contributed by atoms with van der Waals surface area (Å²) in [7, 11) is 4.34. The van der Waals surface area contributed by atoms with Gasteiger partial charge in [-0.15, -0.1) is 0 Å². The monoisotopic (exact) mass is 347 g/mol. The fourth-order valence-electron chi connectivity index (χ4n) is 4.36. The highest BCUT2D eigenvalue weighted by Gasteiger charge is 2.71. The van der Waals surface area contributed by atoms with Gasteiger partial charge in [0, 0.05) is 13.5 Å². The van der Waals surface area contributed by atoms with E-state index in [1.54, 1.807) is 7.11 Å². The number of nitrogens with two attached hydrogens (primary N) is 1. The summed E-state index contributed by atoms with van der Waals surface area (Å²) in [6.45, 7) is 1.84. The van der Waals surface area contributed by atoms with E-state index in [1.165, 1.54) is 14.2 Å². The Hall–Kier alpha value is -2.41. The zero-order valence-corrected chi connectivity index (χ0v) is 14.8. The largest absolute Gasteiger partial charge is 0.496 e. The number of imide groups is 1. The molecule has 2 amide bonds. The van der Waals surface area contributed by atoms with E-state index in [2.05, 4.69) is 0 Å². The maximum Gasteiger partial charge on any atom is 0.368 e. The van der Waals surface area contributed by atoms with Gasteiger partial charge < -0.3 is 14.8 Å². The Kier molecular flexibility index (Phi) is 4.28. The number of nitrogens with zero attached hydrogens (tertiary/aromatic N) is 1. The van der Waals surface area contributed by atoms with Crippen molar-refractivity contribution in [3.05, 3.63) is 29.8 Å². The summed E-state index contributed by atoms with van der Waals surface area (Å²) in [5, 5.41) is 1.83. The van der Waals surface area contributed by atoms with Gasteiger partial charge in [-0.2, -0.15) is 0 Å². The molecule has 0 spiro atoms. The molecule has 2 N–H and O–H groups in total. The Bertz CT molecular complexity index is 734. The predicted octanol–water partition coefficient (Wildman–Crippen LogP) is -0.134. The number of ether oxygens (including phenoxy) is 2. The van der Waals surface area contributed by atoms with Crippen LogP contribution in [0.4, 0.5) is 0 Å². The van der Waals surface area contributed by atoms with Gasteiger partial charge in [0.1, 0.15) is 23.6 Å². The van der Waals surface area contributed by atoms with Crippen LogP contribution in [0.3, 0.4) is 0 Å². The maximum absolute atomic E-state index is 12.8. The molecule has 2 heterocycles. The summed E-state index contributed by atoms with van der Waals surface area (Å²) in [6, 6.07) is 7.00. The van der Waals surface area contributed by atoms with Crippen molar-refractivity contribution in [1.29, 1.82) is 0 Å². The standard InChI is InChI=1S/C18H22N2O5/c1-5-18(17(23)25-4)13-12(15(21)20(2)16(13)22)14(19-18)10-8-6-7-9-11(10)24-3/h6-9,12-14,19H,5H2,1-4H3/p+1/t12-,13-,14-,18+/m0/s1. The van der Waals surface area contributed by atoms with Crippen LogP contribution in [0, 0.1) is 11.8 Å². The molecule has 0 bridgehead atoms. The molecule has 1 aromatic carbocycles. The zero-order valence-electron chi connectivity index (χ0n) is 14.8. The molecule has 7 nitrogen and oxygen atoms in total. The molecule has 2 fully saturated rings. The van der Waals surface area contributed by atoms with E-state index < -0.39 is 23.3 Å². The van der Waals surface area contributed by atoms with Crippen LogP contribution in [0.1, 0.15) is 24.9 Å². The highest BCUT2D eigenvalue weighted by molar-refractivity contribution is 6.08. The normalized spacial score (nSPS) is 31.2. The van der Waals surface area contributed by atoms with Crippen LogP contribution in [-0.2, 0) is 19.1 Å². The molecule has 2 saturated heterocycles. The average Bonchev–Trinajstić information content (AvgIpc) is 3.11. The van der Waals surface area contributed by atoms with E-state index >= 15 is 0 Å². The van der Waals surface area contributed by atoms with Crippen molar-refractivity contribution in [3.8, 4) is 5.75 Å². The molecule has 4 atom stereocenters. The molecule has 0 aromatic heterocycles. The van der Waals surface area contributed by atoms with Gasteiger partial charge in [-0.05, 0) is 12.1 Å². The third-order valence-corrected chi connectivity index (χ3v) is 5.64. The van der Waals surface area contributed by atoms with Gasteiger partial charge in [-0.3, -0.25) is 14.5 Å². The van der Waals surface area contributed by atoms with Crippen molar-refractivity contribution in [1.82, 2.24) is 4.90 Å². The molecule has 2 aliphatic rings. The third kappa shape index (κ3) is 2.26. The summed E-state index contributed by atoms with van der Waals surface area (Å²) in [5.41, 5.74) is -0.307. The van der Waals surface area contributed by atoms with Crippen LogP contribution in [0.15, 0.2) is 24.3 Å². The third-order valence-electron chi connectivity index (χ3n) is 5.64. The number of para-hydroxylation sites is 1. The van der Waals surface area contributed by atoms with Crippen LogP contribution < -0.4 is 10.1 Å². The number of esters is 1. The Morgan fingerprint density at radius 3 is 2.52 bits per heavy atom. The summed E-state index contributed by atoms with van der Waals surface area (Å²) in [4.78, 5) is 39.3. The quantitative estimate of drug-likeness (QED) is 0.605. The lowest BCUT2D eigenvalue weighted by molar-refractivity contribution is -0.734. The summed E-state index contributed by atoms with van der Waals surface area (Å²) >= 11 is 0. The number of quaternary nitrogens is 1. The van der Waals surface area contributed by atoms with Crippen molar-refractivity contribution in [2.75, 3.05) is 21.3 Å². The van der Waals surface area contributed by atoms with Crippen molar-refractivity contribution < 1.29 is 29.2 Å². The van der Waals surface area contributed by atoms with E-state index in [9.17, 15) is 14.4 Å². The summed E-state index contributed by atoms with van der Waals surface area (Å²) < 4.78 is 10.5. The molecular formula is C18H23N2O5+. The minimum Gasteiger partial charge on any atom is -0.496 e. The number of carbonyl (C=O) groups is 3.